The normalized spacial score (nSPS) is 10.8. The zero-order valence-corrected chi connectivity index (χ0v) is 6.65. The quantitative estimate of drug-likeness (QED) is 0.578. The Morgan fingerprint density at radius 2 is 2.17 bits per heavy atom. The van der Waals surface area contributed by atoms with Gasteiger partial charge in [-0.25, -0.2) is 4.98 Å². The first kappa shape index (κ1) is 6.90. The number of fused-ring (bicyclic) bond motifs is 1. The van der Waals surface area contributed by atoms with E-state index >= 15 is 0 Å². The molecule has 2 rings (SSSR count). The van der Waals surface area contributed by atoms with Gasteiger partial charge in [0, 0.05) is 13.2 Å². The SMILES string of the molecule is Cn1c(N)nc2nccc(N)c21. The molecule has 62 valence electrons. The van der Waals surface area contributed by atoms with Gasteiger partial charge in [0.25, 0.3) is 0 Å². The van der Waals surface area contributed by atoms with Crippen molar-refractivity contribution in [3.63, 3.8) is 0 Å². The predicted molar refractivity (Wildman–Crippen MR) is 47.3 cm³/mol. The number of hydrogen-bond acceptors (Lipinski definition) is 4. The maximum atomic E-state index is 5.71. The van der Waals surface area contributed by atoms with Crippen LogP contribution in [0.5, 0.6) is 0 Å². The van der Waals surface area contributed by atoms with Crippen LogP contribution in [0.3, 0.4) is 0 Å². The zero-order chi connectivity index (χ0) is 8.72. The van der Waals surface area contributed by atoms with E-state index in [9.17, 15) is 0 Å². The van der Waals surface area contributed by atoms with Gasteiger partial charge in [-0.05, 0) is 6.07 Å². The Morgan fingerprint density at radius 3 is 2.83 bits per heavy atom. The highest BCUT2D eigenvalue weighted by Crippen LogP contribution is 2.19. The summed E-state index contributed by atoms with van der Waals surface area (Å²) >= 11 is 0. The maximum Gasteiger partial charge on any atom is 0.202 e. The van der Waals surface area contributed by atoms with Gasteiger partial charge in [0.15, 0.2) is 5.65 Å². The summed E-state index contributed by atoms with van der Waals surface area (Å²) in [5.74, 6) is 0.426. The third kappa shape index (κ3) is 0.730. The van der Waals surface area contributed by atoms with Gasteiger partial charge in [-0.15, -0.1) is 0 Å². The van der Waals surface area contributed by atoms with Crippen molar-refractivity contribution in [1.29, 1.82) is 0 Å². The maximum absolute atomic E-state index is 5.71. The molecule has 0 amide bonds. The molecule has 5 nitrogen and oxygen atoms in total. The van der Waals surface area contributed by atoms with E-state index in [1.165, 1.54) is 0 Å². The summed E-state index contributed by atoms with van der Waals surface area (Å²) in [7, 11) is 1.81. The summed E-state index contributed by atoms with van der Waals surface area (Å²) in [5, 5.41) is 0. The predicted octanol–water partition coefficient (Wildman–Crippen LogP) is 0.133. The molecule has 0 aromatic carbocycles. The summed E-state index contributed by atoms with van der Waals surface area (Å²) in [6, 6.07) is 1.73. The Bertz CT molecular complexity index is 431. The van der Waals surface area contributed by atoms with Gasteiger partial charge in [-0.1, -0.05) is 0 Å². The van der Waals surface area contributed by atoms with Gasteiger partial charge in [0.2, 0.25) is 5.95 Å². The molecule has 0 atom stereocenters. The molecule has 0 aliphatic heterocycles. The number of imidazole rings is 1. The Balaban J connectivity index is 2.97. The molecule has 0 aliphatic carbocycles. The van der Waals surface area contributed by atoms with Gasteiger partial charge in [0.1, 0.15) is 5.52 Å². The Morgan fingerprint density at radius 1 is 1.42 bits per heavy atom. The van der Waals surface area contributed by atoms with Crippen LogP contribution in [0.15, 0.2) is 12.3 Å². The van der Waals surface area contributed by atoms with Crippen LogP contribution in [0, 0.1) is 0 Å². The fraction of sp³-hybridized carbons (Fsp3) is 0.143. The number of nitrogens with zero attached hydrogens (tertiary/aromatic N) is 3. The smallest absolute Gasteiger partial charge is 0.202 e. The molecule has 0 saturated heterocycles. The Hall–Kier alpha value is -1.78. The summed E-state index contributed by atoms with van der Waals surface area (Å²) < 4.78 is 1.72. The largest absolute Gasteiger partial charge is 0.397 e. The molecule has 0 fully saturated rings. The average molecular weight is 163 g/mol. The molecule has 0 radical (unpaired) electrons. The molecule has 2 aromatic heterocycles. The lowest BCUT2D eigenvalue weighted by atomic mass is 10.4. The minimum Gasteiger partial charge on any atom is -0.397 e. The van der Waals surface area contributed by atoms with Crippen LogP contribution in [-0.2, 0) is 7.05 Å². The van der Waals surface area contributed by atoms with E-state index in [4.69, 9.17) is 11.5 Å². The van der Waals surface area contributed by atoms with Crippen LogP contribution in [0.2, 0.25) is 0 Å². The van der Waals surface area contributed by atoms with E-state index in [0.29, 0.717) is 17.3 Å². The van der Waals surface area contributed by atoms with Gasteiger partial charge >= 0.3 is 0 Å². The minimum absolute atomic E-state index is 0.426. The number of anilines is 2. The fourth-order valence-corrected chi connectivity index (χ4v) is 1.18. The Labute approximate surface area is 69.0 Å². The van der Waals surface area contributed by atoms with Crippen molar-refractivity contribution in [3.05, 3.63) is 12.3 Å². The lowest BCUT2D eigenvalue weighted by Gasteiger charge is -1.97. The van der Waals surface area contributed by atoms with E-state index in [-0.39, 0.29) is 0 Å². The Kier molecular flexibility index (Phi) is 1.21. The molecule has 0 saturated carbocycles. The first-order valence-electron chi connectivity index (χ1n) is 3.52. The molecular formula is C7H9N5. The van der Waals surface area contributed by atoms with Crippen LogP contribution in [0.4, 0.5) is 11.6 Å². The van der Waals surface area contributed by atoms with Gasteiger partial charge < -0.3 is 16.0 Å². The van der Waals surface area contributed by atoms with E-state index in [0.717, 1.165) is 5.52 Å². The summed E-state index contributed by atoms with van der Waals surface area (Å²) in [6.07, 6.45) is 1.62. The fourth-order valence-electron chi connectivity index (χ4n) is 1.18. The van der Waals surface area contributed by atoms with Gasteiger partial charge in [-0.2, -0.15) is 4.98 Å². The van der Waals surface area contributed by atoms with Crippen LogP contribution in [0.25, 0.3) is 11.2 Å². The van der Waals surface area contributed by atoms with Crippen molar-refractivity contribution in [2.24, 2.45) is 7.05 Å². The average Bonchev–Trinajstić information content (AvgIpc) is 2.29. The van der Waals surface area contributed by atoms with Crippen LogP contribution in [-0.4, -0.2) is 14.5 Å². The van der Waals surface area contributed by atoms with Crippen LogP contribution in [0.1, 0.15) is 0 Å². The van der Waals surface area contributed by atoms with Gasteiger partial charge in [-0.3, -0.25) is 0 Å². The van der Waals surface area contributed by atoms with E-state index in [1.807, 2.05) is 7.05 Å². The van der Waals surface area contributed by atoms with Crippen molar-refractivity contribution in [2.45, 2.75) is 0 Å². The highest BCUT2D eigenvalue weighted by molar-refractivity contribution is 5.85. The summed E-state index contributed by atoms with van der Waals surface area (Å²) in [5.41, 5.74) is 13.3. The molecule has 12 heavy (non-hydrogen) atoms. The molecule has 0 spiro atoms. The lowest BCUT2D eigenvalue weighted by molar-refractivity contribution is 0.966. The van der Waals surface area contributed by atoms with E-state index in [2.05, 4.69) is 9.97 Å². The molecule has 5 heteroatoms. The number of nitrogens with two attached hydrogens (primary N) is 2. The summed E-state index contributed by atoms with van der Waals surface area (Å²) in [6.45, 7) is 0. The van der Waals surface area contributed by atoms with Gasteiger partial charge in [0.05, 0.1) is 5.69 Å². The van der Waals surface area contributed by atoms with Crippen molar-refractivity contribution < 1.29 is 0 Å². The van der Waals surface area contributed by atoms with Crippen molar-refractivity contribution >= 4 is 22.8 Å². The first-order valence-corrected chi connectivity index (χ1v) is 3.52. The second-order valence-electron chi connectivity index (χ2n) is 2.60. The molecule has 2 heterocycles. The van der Waals surface area contributed by atoms with Crippen molar-refractivity contribution in [1.82, 2.24) is 14.5 Å². The van der Waals surface area contributed by atoms with E-state index in [1.54, 1.807) is 16.8 Å². The molecular weight excluding hydrogens is 154 g/mol. The highest BCUT2D eigenvalue weighted by Gasteiger charge is 2.07. The summed E-state index contributed by atoms with van der Waals surface area (Å²) in [4.78, 5) is 8.05. The van der Waals surface area contributed by atoms with Crippen LogP contribution >= 0.6 is 0 Å². The molecule has 2 aromatic rings. The number of aromatic nitrogens is 3. The highest BCUT2D eigenvalue weighted by atomic mass is 15.2. The first-order chi connectivity index (χ1) is 5.70. The second kappa shape index (κ2) is 2.10. The number of hydrogen-bond donors (Lipinski definition) is 2. The molecule has 0 unspecified atom stereocenters. The van der Waals surface area contributed by atoms with E-state index < -0.39 is 0 Å². The monoisotopic (exact) mass is 163 g/mol. The molecule has 0 aliphatic rings. The third-order valence-corrected chi connectivity index (χ3v) is 1.84. The zero-order valence-electron chi connectivity index (χ0n) is 6.65. The second-order valence-corrected chi connectivity index (χ2v) is 2.60. The lowest BCUT2D eigenvalue weighted by Crippen LogP contribution is -1.98. The minimum atomic E-state index is 0.426. The third-order valence-electron chi connectivity index (χ3n) is 1.84. The van der Waals surface area contributed by atoms with Crippen LogP contribution < -0.4 is 11.5 Å². The molecule has 4 N–H and O–H groups in total. The van der Waals surface area contributed by atoms with Crippen molar-refractivity contribution in [3.8, 4) is 0 Å². The standard InChI is InChI=1S/C7H9N5/c1-12-5-4(8)2-3-10-6(5)11-7(12)9/h2-3H,1H3,(H4,8,9,10,11). The number of pyridine rings is 1. The number of aryl methyl sites for hydroxylation is 1. The topological polar surface area (TPSA) is 82.8 Å². The molecule has 0 bridgehead atoms. The number of nitrogen functional groups attached to an aromatic ring is 2. The van der Waals surface area contributed by atoms with Crippen molar-refractivity contribution in [2.75, 3.05) is 11.5 Å². The number of rotatable bonds is 0.